The second-order valence-corrected chi connectivity index (χ2v) is 7.20. The van der Waals surface area contributed by atoms with Gasteiger partial charge in [0.05, 0.1) is 13.2 Å². The Kier molecular flexibility index (Phi) is 14.3. The summed E-state index contributed by atoms with van der Waals surface area (Å²) >= 11 is 0. The number of alkyl carbamates (subject to hydrolysis) is 1. The van der Waals surface area contributed by atoms with Crippen LogP contribution in [0.5, 0.6) is 0 Å². The lowest BCUT2D eigenvalue weighted by Crippen LogP contribution is -2.52. The van der Waals surface area contributed by atoms with E-state index in [2.05, 4.69) is 17.6 Å². The summed E-state index contributed by atoms with van der Waals surface area (Å²) in [5.74, 6) is -0.591. The lowest BCUT2D eigenvalue weighted by Gasteiger charge is -2.22. The Bertz CT molecular complexity index is 440. The maximum atomic E-state index is 12.6. The molecule has 0 aliphatic heterocycles. The van der Waals surface area contributed by atoms with Crippen LogP contribution in [-0.2, 0) is 19.1 Å². The molecule has 0 saturated heterocycles. The molecule has 0 bridgehead atoms. The minimum atomic E-state index is -0.734. The van der Waals surface area contributed by atoms with E-state index in [1.54, 1.807) is 0 Å². The smallest absolute Gasteiger partial charge is 0.407 e. The van der Waals surface area contributed by atoms with Crippen LogP contribution < -0.4 is 10.6 Å². The molecule has 0 radical (unpaired) electrons. The molecule has 2 amide bonds. The van der Waals surface area contributed by atoms with Gasteiger partial charge in [0.2, 0.25) is 5.91 Å². The molecule has 7 heteroatoms. The zero-order valence-electron chi connectivity index (χ0n) is 17.6. The topological polar surface area (TPSA) is 93.7 Å². The van der Waals surface area contributed by atoms with Crippen molar-refractivity contribution >= 4 is 18.0 Å². The second kappa shape index (κ2) is 15.3. The molecule has 2 N–H and O–H groups in total. The van der Waals surface area contributed by atoms with Gasteiger partial charge in [0, 0.05) is 0 Å². The van der Waals surface area contributed by atoms with Crippen molar-refractivity contribution in [2.75, 3.05) is 13.2 Å². The number of ether oxygens (including phenoxy) is 2. The van der Waals surface area contributed by atoms with E-state index in [4.69, 9.17) is 9.47 Å². The number of nitrogens with one attached hydrogen (secondary N) is 2. The summed E-state index contributed by atoms with van der Waals surface area (Å²) in [6.07, 6.45) is 4.65. The monoisotopic (exact) mass is 386 g/mol. The standard InChI is InChI=1S/C20H38N2O5/c1-6-9-10-13-26-19(24)17(12-8-3)21-18(23)16(11-7-2)22-20(25)27-14-15(4)5/h15-17H,6-14H2,1-5H3,(H,21,23)(H,22,25). The van der Waals surface area contributed by atoms with Gasteiger partial charge in [0.25, 0.3) is 0 Å². The highest BCUT2D eigenvalue weighted by atomic mass is 16.5. The molecule has 0 saturated carbocycles. The molecule has 27 heavy (non-hydrogen) atoms. The van der Waals surface area contributed by atoms with Crippen molar-refractivity contribution in [2.24, 2.45) is 5.92 Å². The number of carbonyl (C=O) groups excluding carboxylic acids is 3. The lowest BCUT2D eigenvalue weighted by atomic mass is 10.1. The summed E-state index contributed by atoms with van der Waals surface area (Å²) in [6.45, 7) is 10.5. The molecule has 0 aromatic heterocycles. The number of hydrogen-bond acceptors (Lipinski definition) is 5. The average Bonchev–Trinajstić information content (AvgIpc) is 2.62. The maximum absolute atomic E-state index is 12.6. The summed E-state index contributed by atoms with van der Waals surface area (Å²) in [4.78, 5) is 36.7. The molecular weight excluding hydrogens is 348 g/mol. The fourth-order valence-corrected chi connectivity index (χ4v) is 2.42. The van der Waals surface area contributed by atoms with Crippen LogP contribution in [0.2, 0.25) is 0 Å². The van der Waals surface area contributed by atoms with Crippen LogP contribution in [-0.4, -0.2) is 43.3 Å². The van der Waals surface area contributed by atoms with Gasteiger partial charge in [-0.05, 0) is 25.2 Å². The van der Waals surface area contributed by atoms with E-state index < -0.39 is 24.1 Å². The van der Waals surface area contributed by atoms with Crippen LogP contribution in [0.4, 0.5) is 4.79 Å². The van der Waals surface area contributed by atoms with Gasteiger partial charge in [-0.25, -0.2) is 9.59 Å². The molecule has 0 rings (SSSR count). The Morgan fingerprint density at radius 1 is 0.815 bits per heavy atom. The van der Waals surface area contributed by atoms with Crippen molar-refractivity contribution in [3.63, 3.8) is 0 Å². The SMILES string of the molecule is CCCCCOC(=O)C(CCC)NC(=O)C(CCC)NC(=O)OCC(C)C. The predicted molar refractivity (Wildman–Crippen MR) is 105 cm³/mol. The van der Waals surface area contributed by atoms with E-state index in [1.807, 2.05) is 27.7 Å². The molecule has 158 valence electrons. The first-order valence-electron chi connectivity index (χ1n) is 10.3. The van der Waals surface area contributed by atoms with E-state index in [9.17, 15) is 14.4 Å². The van der Waals surface area contributed by atoms with Crippen LogP contribution in [0.3, 0.4) is 0 Å². The molecule has 0 spiro atoms. The van der Waals surface area contributed by atoms with E-state index >= 15 is 0 Å². The molecule has 0 aliphatic rings. The van der Waals surface area contributed by atoms with E-state index in [0.29, 0.717) is 25.9 Å². The zero-order valence-corrected chi connectivity index (χ0v) is 17.6. The van der Waals surface area contributed by atoms with E-state index in [-0.39, 0.29) is 18.4 Å². The quantitative estimate of drug-likeness (QED) is 0.352. The average molecular weight is 387 g/mol. The van der Waals surface area contributed by atoms with Crippen LogP contribution in [0.25, 0.3) is 0 Å². The third-order valence-electron chi connectivity index (χ3n) is 3.90. The molecule has 0 aromatic carbocycles. The molecule has 2 unspecified atom stereocenters. The van der Waals surface area contributed by atoms with Gasteiger partial charge >= 0.3 is 12.1 Å². The molecule has 0 aromatic rings. The van der Waals surface area contributed by atoms with Gasteiger partial charge in [-0.3, -0.25) is 4.79 Å². The summed E-state index contributed by atoms with van der Waals surface area (Å²) in [6, 6.07) is -1.43. The van der Waals surface area contributed by atoms with Crippen LogP contribution >= 0.6 is 0 Å². The van der Waals surface area contributed by atoms with Crippen molar-refractivity contribution < 1.29 is 23.9 Å². The van der Waals surface area contributed by atoms with E-state index in [0.717, 1.165) is 25.7 Å². The van der Waals surface area contributed by atoms with Gasteiger partial charge in [-0.1, -0.05) is 60.3 Å². The highest BCUT2D eigenvalue weighted by Crippen LogP contribution is 2.05. The molecular formula is C20H38N2O5. The van der Waals surface area contributed by atoms with Gasteiger partial charge in [-0.15, -0.1) is 0 Å². The van der Waals surface area contributed by atoms with Crippen molar-refractivity contribution in [3.8, 4) is 0 Å². The normalized spacial score (nSPS) is 13.0. The largest absolute Gasteiger partial charge is 0.464 e. The number of unbranched alkanes of at least 4 members (excludes halogenated alkanes) is 2. The van der Waals surface area contributed by atoms with E-state index in [1.165, 1.54) is 0 Å². The molecule has 2 atom stereocenters. The summed E-state index contributed by atoms with van der Waals surface area (Å²) < 4.78 is 10.4. The zero-order chi connectivity index (χ0) is 20.7. The first-order chi connectivity index (χ1) is 12.8. The number of hydrogen-bond donors (Lipinski definition) is 2. The highest BCUT2D eigenvalue weighted by molar-refractivity contribution is 5.89. The second-order valence-electron chi connectivity index (χ2n) is 7.20. The Hall–Kier alpha value is -1.79. The fourth-order valence-electron chi connectivity index (χ4n) is 2.42. The van der Waals surface area contributed by atoms with Gasteiger partial charge in [-0.2, -0.15) is 0 Å². The Morgan fingerprint density at radius 2 is 1.44 bits per heavy atom. The minimum absolute atomic E-state index is 0.214. The third-order valence-corrected chi connectivity index (χ3v) is 3.90. The van der Waals surface area contributed by atoms with Crippen molar-refractivity contribution in [1.82, 2.24) is 10.6 Å². The number of rotatable bonds is 14. The maximum Gasteiger partial charge on any atom is 0.407 e. The van der Waals surface area contributed by atoms with Crippen molar-refractivity contribution in [3.05, 3.63) is 0 Å². The summed E-state index contributed by atoms with van der Waals surface area (Å²) in [7, 11) is 0. The van der Waals surface area contributed by atoms with Gasteiger partial charge in [0.1, 0.15) is 12.1 Å². The highest BCUT2D eigenvalue weighted by Gasteiger charge is 2.27. The van der Waals surface area contributed by atoms with Crippen LogP contribution in [0, 0.1) is 5.92 Å². The molecule has 0 fully saturated rings. The minimum Gasteiger partial charge on any atom is -0.464 e. The third kappa shape index (κ3) is 12.3. The number of amides is 2. The molecule has 0 heterocycles. The van der Waals surface area contributed by atoms with Crippen molar-refractivity contribution in [2.45, 2.75) is 91.6 Å². The molecule has 0 aliphatic carbocycles. The van der Waals surface area contributed by atoms with Crippen LogP contribution in [0.15, 0.2) is 0 Å². The summed E-state index contributed by atoms with van der Waals surface area (Å²) in [5, 5.41) is 5.32. The fraction of sp³-hybridized carbons (Fsp3) is 0.850. The molecule has 7 nitrogen and oxygen atoms in total. The predicted octanol–water partition coefficient (Wildman–Crippen LogP) is 3.56. The Balaban J connectivity index is 4.71. The van der Waals surface area contributed by atoms with Gasteiger partial charge < -0.3 is 20.1 Å². The number of carbonyl (C=O) groups is 3. The first-order valence-corrected chi connectivity index (χ1v) is 10.3. The van der Waals surface area contributed by atoms with Crippen LogP contribution in [0.1, 0.15) is 79.6 Å². The van der Waals surface area contributed by atoms with Gasteiger partial charge in [0.15, 0.2) is 0 Å². The number of esters is 1. The Labute approximate surface area is 163 Å². The Morgan fingerprint density at radius 3 is 2.00 bits per heavy atom. The van der Waals surface area contributed by atoms with Crippen molar-refractivity contribution in [1.29, 1.82) is 0 Å². The first kappa shape index (κ1) is 25.2. The lowest BCUT2D eigenvalue weighted by molar-refractivity contribution is -0.148. The summed E-state index contributed by atoms with van der Waals surface area (Å²) in [5.41, 5.74) is 0.